The fraction of sp³-hybridized carbons (Fsp3) is 0. The van der Waals surface area contributed by atoms with Crippen LogP contribution in [0.2, 0.25) is 0 Å². The third kappa shape index (κ3) is 10.6. The van der Waals surface area contributed by atoms with Crippen molar-refractivity contribution in [2.24, 2.45) is 0 Å². The second-order valence-corrected chi connectivity index (χ2v) is 29.9. The first-order valence-electron chi connectivity index (χ1n) is 39.0. The molecule has 0 atom stereocenters. The maximum Gasteiger partial charge on any atom is 0.136 e. The number of fused-ring (bicyclic) bond motifs is 18. The average Bonchev–Trinajstić information content (AvgIpc) is 1.56. The van der Waals surface area contributed by atoms with Gasteiger partial charge in [-0.3, -0.25) is 0 Å². The van der Waals surface area contributed by atoms with Crippen molar-refractivity contribution in [2.75, 3.05) is 0 Å². The molecule has 0 saturated carbocycles. The van der Waals surface area contributed by atoms with Gasteiger partial charge in [0.25, 0.3) is 0 Å². The molecular weight excluding hydrogens is 1390 g/mol. The highest BCUT2D eigenvalue weighted by molar-refractivity contribution is 6.18. The zero-order valence-corrected chi connectivity index (χ0v) is 61.9. The normalized spacial score (nSPS) is 11.9. The first-order valence-corrected chi connectivity index (χ1v) is 39.0. The first-order chi connectivity index (χ1) is 56.5. The molecule has 0 aliphatic heterocycles. The van der Waals surface area contributed by atoms with Gasteiger partial charge in [-0.05, 0) is 231 Å². The van der Waals surface area contributed by atoms with Crippen LogP contribution in [-0.4, -0.2) is 18.3 Å². The Bertz CT molecular complexity index is 7930. The number of para-hydroxylation sites is 6. The molecule has 0 spiro atoms. The summed E-state index contributed by atoms with van der Waals surface area (Å²) in [6, 6.07) is 149. The third-order valence-corrected chi connectivity index (χ3v) is 23.5. The second kappa shape index (κ2) is 26.2. The summed E-state index contributed by atoms with van der Waals surface area (Å²) in [7, 11) is 0. The molecule has 0 aliphatic rings. The van der Waals surface area contributed by atoms with E-state index in [1.807, 2.05) is 18.2 Å². The number of rotatable bonds is 10. The molecule has 0 saturated heterocycles. The van der Waals surface area contributed by atoms with Gasteiger partial charge < -0.3 is 27.1 Å². The predicted molar refractivity (Wildman–Crippen MR) is 477 cm³/mol. The van der Waals surface area contributed by atoms with Gasteiger partial charge in [-0.25, -0.2) is 0 Å². The van der Waals surface area contributed by atoms with Crippen LogP contribution in [-0.2, 0) is 0 Å². The van der Waals surface area contributed by atoms with Gasteiger partial charge in [0.05, 0.1) is 44.1 Å². The molecule has 24 aromatic rings. The number of nitrogens with zero attached hydrogens (tertiary/aromatic N) is 4. The molecule has 18 aromatic carbocycles. The topological polar surface area (TPSA) is 46.0 Å². The lowest BCUT2D eigenvalue weighted by molar-refractivity contribution is 0.668. The van der Waals surface area contributed by atoms with E-state index in [0.29, 0.717) is 0 Å². The summed E-state index contributed by atoms with van der Waals surface area (Å²) >= 11 is 0. The lowest BCUT2D eigenvalue weighted by atomic mass is 9.97. The van der Waals surface area contributed by atoms with Crippen molar-refractivity contribution in [2.45, 2.75) is 0 Å². The average molecular weight is 1450 g/mol. The summed E-state index contributed by atoms with van der Waals surface area (Å²) in [5.41, 5.74) is 32.1. The van der Waals surface area contributed by atoms with Crippen molar-refractivity contribution in [3.05, 3.63) is 413 Å². The van der Waals surface area contributed by atoms with Gasteiger partial charge in [-0.15, -0.1) is 0 Å². The first kappa shape index (κ1) is 64.7. The van der Waals surface area contributed by atoms with E-state index in [2.05, 4.69) is 413 Å². The minimum atomic E-state index is 0.906. The summed E-state index contributed by atoms with van der Waals surface area (Å²) < 4.78 is 22.0. The molecule has 0 N–H and O–H groups in total. The van der Waals surface area contributed by atoms with Gasteiger partial charge in [-0.1, -0.05) is 249 Å². The van der Waals surface area contributed by atoms with Crippen LogP contribution >= 0.6 is 0 Å². The van der Waals surface area contributed by atoms with E-state index in [9.17, 15) is 0 Å². The number of aromatic nitrogens is 4. The zero-order chi connectivity index (χ0) is 74.9. The third-order valence-electron chi connectivity index (χ3n) is 23.5. The van der Waals surface area contributed by atoms with Gasteiger partial charge in [0.2, 0.25) is 0 Å². The molecule has 6 aromatic heterocycles. The molecule has 24 rings (SSSR count). The van der Waals surface area contributed by atoms with E-state index in [1.54, 1.807) is 0 Å². The lowest BCUT2D eigenvalue weighted by Gasteiger charge is -2.10. The molecule has 6 nitrogen and oxygen atoms in total. The van der Waals surface area contributed by atoms with E-state index in [-0.39, 0.29) is 0 Å². The van der Waals surface area contributed by atoms with Crippen molar-refractivity contribution < 1.29 is 8.83 Å². The van der Waals surface area contributed by atoms with Crippen molar-refractivity contribution in [1.82, 2.24) is 18.3 Å². The predicted octanol–water partition coefficient (Wildman–Crippen LogP) is 29.6. The molecule has 0 unspecified atom stereocenters. The maximum absolute atomic E-state index is 6.30. The minimum Gasteiger partial charge on any atom is -0.456 e. The van der Waals surface area contributed by atoms with Crippen LogP contribution in [0.1, 0.15) is 0 Å². The van der Waals surface area contributed by atoms with E-state index >= 15 is 0 Å². The van der Waals surface area contributed by atoms with Crippen LogP contribution in [0.15, 0.2) is 421 Å². The zero-order valence-electron chi connectivity index (χ0n) is 61.9. The van der Waals surface area contributed by atoms with Crippen molar-refractivity contribution >= 4 is 131 Å². The van der Waals surface area contributed by atoms with Gasteiger partial charge in [0.15, 0.2) is 0 Å². The Hall–Kier alpha value is -15.2. The molecule has 6 heteroatoms. The fourth-order valence-corrected chi connectivity index (χ4v) is 18.1. The summed E-state index contributed by atoms with van der Waals surface area (Å²) in [6.45, 7) is 0. The van der Waals surface area contributed by atoms with E-state index < -0.39 is 0 Å². The molecule has 0 fully saturated rings. The van der Waals surface area contributed by atoms with Crippen LogP contribution in [0.25, 0.3) is 221 Å². The summed E-state index contributed by atoms with van der Waals surface area (Å²) in [6.07, 6.45) is 0. The highest BCUT2D eigenvalue weighted by Gasteiger charge is 2.22. The van der Waals surface area contributed by atoms with E-state index in [4.69, 9.17) is 8.83 Å². The molecule has 0 bridgehead atoms. The second-order valence-electron chi connectivity index (χ2n) is 29.9. The maximum atomic E-state index is 6.30. The standard InChI is InChI=1S/2C54H34N2O/c1-3-12-35(13-4-1)36-22-27-41(28-23-36)56-48-19-9-7-16-43(48)45-32-37(24-29-49(45)56)38-25-30-50-46(33-38)47-34-39(26-31-51(47)55(50)40-14-5-2-6-15-40)42-18-11-21-53-54(42)44-17-8-10-20-52(44)57-53;1-3-11-35(12-4-1)36-19-25-42(26-20-36)56-49-17-9-7-15-43(49)45-31-37(21-27-50(45)56)38-22-28-51-46(32-38)47-33-39(23-29-52(47)55(51)41-13-5-2-6-14-41)40-24-30-54-48(34-40)44-16-8-10-18-53(44)57-54/h2*1-34H. The van der Waals surface area contributed by atoms with E-state index in [1.165, 1.54) is 154 Å². The SMILES string of the molecule is c1ccc(-c2ccc(-n3c4ccccc4c4cc(-c5ccc6c(c5)c5cc(-c7ccc8oc9ccccc9c8c7)ccc5n6-c5ccccc5)ccc43)cc2)cc1.c1ccc(-c2ccc(-n3c4ccccc4c4cc(-c5ccc6c(c5)c5cc(-c7cccc8oc9ccccc9c78)ccc5n6-c5ccccc5)ccc43)cc2)cc1. The van der Waals surface area contributed by atoms with Crippen molar-refractivity contribution in [3.8, 4) is 89.5 Å². The lowest BCUT2D eigenvalue weighted by Crippen LogP contribution is -1.94. The molecule has 532 valence electrons. The van der Waals surface area contributed by atoms with Crippen LogP contribution in [0.4, 0.5) is 0 Å². The van der Waals surface area contributed by atoms with Crippen LogP contribution in [0.3, 0.4) is 0 Å². The van der Waals surface area contributed by atoms with Crippen molar-refractivity contribution in [3.63, 3.8) is 0 Å². The monoisotopic (exact) mass is 1450 g/mol. The summed E-state index contributed by atoms with van der Waals surface area (Å²) in [4.78, 5) is 0. The van der Waals surface area contributed by atoms with Gasteiger partial charge >= 0.3 is 0 Å². The molecule has 0 radical (unpaired) electrons. The molecule has 0 aliphatic carbocycles. The molecule has 0 amide bonds. The van der Waals surface area contributed by atoms with Gasteiger partial charge in [0, 0.05) is 87.4 Å². The molecule has 114 heavy (non-hydrogen) atoms. The van der Waals surface area contributed by atoms with Gasteiger partial charge in [0.1, 0.15) is 22.3 Å². The largest absolute Gasteiger partial charge is 0.456 e. The number of hydrogen-bond donors (Lipinski definition) is 0. The Morgan fingerprint density at radius 3 is 0.833 bits per heavy atom. The minimum absolute atomic E-state index is 0.906. The van der Waals surface area contributed by atoms with Crippen LogP contribution in [0, 0.1) is 0 Å². The van der Waals surface area contributed by atoms with Crippen LogP contribution in [0.5, 0.6) is 0 Å². The fourth-order valence-electron chi connectivity index (χ4n) is 18.1. The van der Waals surface area contributed by atoms with Crippen LogP contribution < -0.4 is 0 Å². The number of furan rings is 2. The highest BCUT2D eigenvalue weighted by Crippen LogP contribution is 2.45. The Morgan fingerprint density at radius 2 is 0.404 bits per heavy atom. The summed E-state index contributed by atoms with van der Waals surface area (Å²) in [5.74, 6) is 0. The Labute approximate surface area is 656 Å². The smallest absolute Gasteiger partial charge is 0.136 e. The quantitative estimate of drug-likeness (QED) is 0.137. The Balaban J connectivity index is 0.000000135. The number of hydrogen-bond acceptors (Lipinski definition) is 2. The van der Waals surface area contributed by atoms with Crippen molar-refractivity contribution in [1.29, 1.82) is 0 Å². The number of benzene rings is 18. The highest BCUT2D eigenvalue weighted by atomic mass is 16.3. The molecule has 6 heterocycles. The molecular formula is C108H68N4O2. The summed E-state index contributed by atoms with van der Waals surface area (Å²) in [5, 5.41) is 14.4. The van der Waals surface area contributed by atoms with E-state index in [0.717, 1.165) is 66.6 Å². The Kier molecular flexibility index (Phi) is 14.9. The Morgan fingerprint density at radius 1 is 0.140 bits per heavy atom. The van der Waals surface area contributed by atoms with Gasteiger partial charge in [-0.2, -0.15) is 0 Å².